The number of benzene rings is 3. The molecule has 0 spiro atoms. The molecule has 1 atom stereocenters. The Kier molecular flexibility index (Phi) is 7.41. The van der Waals surface area contributed by atoms with Crippen LogP contribution in [0.15, 0.2) is 91.0 Å². The van der Waals surface area contributed by atoms with Crippen LogP contribution in [0.4, 0.5) is 4.79 Å². The van der Waals surface area contributed by atoms with Crippen molar-refractivity contribution in [3.8, 4) is 0 Å². The van der Waals surface area contributed by atoms with Crippen LogP contribution in [0.2, 0.25) is 0 Å². The minimum absolute atomic E-state index is 0.109. The van der Waals surface area contributed by atoms with Crippen molar-refractivity contribution >= 4 is 28.0 Å². The van der Waals surface area contributed by atoms with Crippen LogP contribution in [0.5, 0.6) is 0 Å². The Hall–Kier alpha value is -3.12. The van der Waals surface area contributed by atoms with E-state index in [-0.39, 0.29) is 6.61 Å². The molecular formula is C23H20BrNO4. The number of alkyl halides is 1. The number of ether oxygens (including phenoxy) is 2. The maximum atomic E-state index is 12.6. The number of carbonyl (C=O) groups is 2. The lowest BCUT2D eigenvalue weighted by Gasteiger charge is -2.21. The van der Waals surface area contributed by atoms with Crippen molar-refractivity contribution in [2.24, 2.45) is 0 Å². The number of hydrogen-bond donors (Lipinski definition) is 1. The van der Waals surface area contributed by atoms with Gasteiger partial charge in [-0.15, -0.1) is 0 Å². The summed E-state index contributed by atoms with van der Waals surface area (Å²) in [7, 11) is 0. The Morgan fingerprint density at radius 3 is 1.79 bits per heavy atom. The van der Waals surface area contributed by atoms with E-state index >= 15 is 0 Å². The summed E-state index contributed by atoms with van der Waals surface area (Å²) < 4.78 is 10.8. The monoisotopic (exact) mass is 453 g/mol. The lowest BCUT2D eigenvalue weighted by Crippen LogP contribution is -2.38. The summed E-state index contributed by atoms with van der Waals surface area (Å²) in [6.07, 6.45) is -1.31. The third-order valence-electron chi connectivity index (χ3n) is 4.10. The largest absolute Gasteiger partial charge is 0.450 e. The van der Waals surface area contributed by atoms with E-state index in [0.717, 1.165) is 16.7 Å². The van der Waals surface area contributed by atoms with Gasteiger partial charge in [-0.1, -0.05) is 107 Å². The second kappa shape index (κ2) is 10.4. The summed E-state index contributed by atoms with van der Waals surface area (Å²) in [6.45, 7) is 0.109. The van der Waals surface area contributed by atoms with Gasteiger partial charge >= 0.3 is 12.1 Å². The number of alkyl carbamates (subject to hydrolysis) is 1. The molecule has 3 aromatic carbocycles. The molecule has 0 fully saturated rings. The van der Waals surface area contributed by atoms with Crippen molar-refractivity contribution in [3.63, 3.8) is 0 Å². The topological polar surface area (TPSA) is 64.6 Å². The first-order chi connectivity index (χ1) is 14.1. The van der Waals surface area contributed by atoms with Gasteiger partial charge in [-0.25, -0.2) is 9.59 Å². The molecule has 29 heavy (non-hydrogen) atoms. The Labute approximate surface area is 177 Å². The maximum Gasteiger partial charge on any atom is 0.408 e. The number of halogens is 1. The van der Waals surface area contributed by atoms with Crippen LogP contribution in [-0.2, 0) is 20.9 Å². The molecule has 1 N–H and O–H groups in total. The predicted octanol–water partition coefficient (Wildman–Crippen LogP) is 4.97. The smallest absolute Gasteiger partial charge is 0.408 e. The Balaban J connectivity index is 1.61. The maximum absolute atomic E-state index is 12.6. The number of nitrogens with one attached hydrogen (secondary N) is 1. The molecule has 0 saturated carbocycles. The molecule has 0 radical (unpaired) electrons. The Morgan fingerprint density at radius 2 is 1.28 bits per heavy atom. The van der Waals surface area contributed by atoms with Crippen LogP contribution >= 0.6 is 15.9 Å². The highest BCUT2D eigenvalue weighted by Crippen LogP contribution is 2.26. The molecule has 3 rings (SSSR count). The number of esters is 1. The zero-order chi connectivity index (χ0) is 20.5. The van der Waals surface area contributed by atoms with Gasteiger partial charge in [0.05, 0.1) is 0 Å². The molecule has 0 aliphatic rings. The van der Waals surface area contributed by atoms with Crippen LogP contribution in [0, 0.1) is 0 Å². The average molecular weight is 454 g/mol. The molecule has 0 aliphatic heterocycles. The Bertz CT molecular complexity index is 880. The first kappa shape index (κ1) is 20.6. The quantitative estimate of drug-likeness (QED) is 0.311. The molecule has 148 valence electrons. The summed E-state index contributed by atoms with van der Waals surface area (Å²) in [5.41, 5.74) is 2.52. The van der Waals surface area contributed by atoms with E-state index in [0.29, 0.717) is 0 Å². The van der Waals surface area contributed by atoms with E-state index < -0.39 is 23.1 Å². The highest BCUT2D eigenvalue weighted by molar-refractivity contribution is 9.10. The van der Waals surface area contributed by atoms with E-state index in [1.54, 1.807) is 0 Å². The first-order valence-electron chi connectivity index (χ1n) is 9.05. The minimum Gasteiger partial charge on any atom is -0.450 e. The zero-order valence-corrected chi connectivity index (χ0v) is 17.1. The fourth-order valence-electron chi connectivity index (χ4n) is 2.69. The molecule has 6 heteroatoms. The van der Waals surface area contributed by atoms with E-state index in [1.165, 1.54) is 0 Å². The van der Waals surface area contributed by atoms with Crippen LogP contribution in [0.1, 0.15) is 22.8 Å². The lowest BCUT2D eigenvalue weighted by atomic mass is 10.0. The summed E-state index contributed by atoms with van der Waals surface area (Å²) in [6, 6.07) is 28.1. The molecular weight excluding hydrogens is 434 g/mol. The molecule has 5 nitrogen and oxygen atoms in total. The van der Waals surface area contributed by atoms with Crippen molar-refractivity contribution < 1.29 is 19.1 Å². The zero-order valence-electron chi connectivity index (χ0n) is 15.5. The van der Waals surface area contributed by atoms with E-state index in [2.05, 4.69) is 21.2 Å². The van der Waals surface area contributed by atoms with E-state index in [1.807, 2.05) is 91.0 Å². The van der Waals surface area contributed by atoms with Crippen LogP contribution in [0.3, 0.4) is 0 Å². The summed E-state index contributed by atoms with van der Waals surface area (Å²) in [5, 5.41) is 2.44. The minimum atomic E-state index is -1.04. The fraction of sp³-hybridized carbons (Fsp3) is 0.130. The number of amides is 1. The predicted molar refractivity (Wildman–Crippen MR) is 113 cm³/mol. The molecule has 0 aliphatic carbocycles. The van der Waals surface area contributed by atoms with Gasteiger partial charge in [0.15, 0.2) is 11.1 Å². The molecule has 3 aromatic rings. The van der Waals surface area contributed by atoms with Crippen LogP contribution < -0.4 is 5.32 Å². The van der Waals surface area contributed by atoms with Crippen LogP contribution in [-0.4, -0.2) is 17.0 Å². The molecule has 1 unspecified atom stereocenters. The summed E-state index contributed by atoms with van der Waals surface area (Å²) in [4.78, 5) is 23.5. The molecule has 0 aromatic heterocycles. The lowest BCUT2D eigenvalue weighted by molar-refractivity contribution is -0.147. The van der Waals surface area contributed by atoms with Crippen molar-refractivity contribution in [2.45, 2.75) is 17.7 Å². The van der Waals surface area contributed by atoms with Gasteiger partial charge in [-0.3, -0.25) is 5.32 Å². The molecule has 0 saturated heterocycles. The number of carbonyl (C=O) groups excluding carboxylic acids is 2. The highest BCUT2D eigenvalue weighted by Gasteiger charge is 2.25. The van der Waals surface area contributed by atoms with Gasteiger partial charge in [0, 0.05) is 0 Å². The van der Waals surface area contributed by atoms with Gasteiger partial charge in [0.25, 0.3) is 0 Å². The van der Waals surface area contributed by atoms with Gasteiger partial charge in [0.2, 0.25) is 0 Å². The Morgan fingerprint density at radius 1 is 0.793 bits per heavy atom. The van der Waals surface area contributed by atoms with Gasteiger partial charge in [-0.2, -0.15) is 0 Å². The second-order valence-corrected chi connectivity index (χ2v) is 7.12. The van der Waals surface area contributed by atoms with Crippen LogP contribution in [0.25, 0.3) is 0 Å². The third-order valence-corrected chi connectivity index (χ3v) is 4.71. The third kappa shape index (κ3) is 6.19. The van der Waals surface area contributed by atoms with Crippen molar-refractivity contribution in [3.05, 3.63) is 108 Å². The molecule has 0 bridgehead atoms. The van der Waals surface area contributed by atoms with Gasteiger partial charge in [-0.05, 0) is 16.7 Å². The standard InChI is InChI=1S/C23H20BrNO4/c24-21(25-23(27)28-16-17-10-4-1-5-11-17)22(26)29-20(18-12-6-2-7-13-18)19-14-8-3-9-15-19/h1-15,20-21H,16H2,(H,25,27). The van der Waals surface area contributed by atoms with Crippen molar-refractivity contribution in [1.82, 2.24) is 5.32 Å². The molecule has 0 heterocycles. The fourth-order valence-corrected chi connectivity index (χ4v) is 2.98. The van der Waals surface area contributed by atoms with Gasteiger partial charge in [0.1, 0.15) is 6.61 Å². The highest BCUT2D eigenvalue weighted by atomic mass is 79.9. The number of hydrogen-bond acceptors (Lipinski definition) is 4. The van der Waals surface area contributed by atoms with Gasteiger partial charge < -0.3 is 9.47 Å². The van der Waals surface area contributed by atoms with E-state index in [4.69, 9.17) is 9.47 Å². The summed E-state index contributed by atoms with van der Waals surface area (Å²) in [5.74, 6) is -0.626. The normalized spacial score (nSPS) is 11.5. The summed E-state index contributed by atoms with van der Waals surface area (Å²) >= 11 is 3.16. The first-order valence-corrected chi connectivity index (χ1v) is 9.97. The van der Waals surface area contributed by atoms with Crippen molar-refractivity contribution in [1.29, 1.82) is 0 Å². The number of rotatable bonds is 7. The second-order valence-electron chi connectivity index (χ2n) is 6.21. The van der Waals surface area contributed by atoms with Crippen molar-refractivity contribution in [2.75, 3.05) is 0 Å². The SMILES string of the molecule is O=C(NC(Br)C(=O)OC(c1ccccc1)c1ccccc1)OCc1ccccc1. The van der Waals surface area contributed by atoms with E-state index in [9.17, 15) is 9.59 Å². The molecule has 1 amide bonds. The average Bonchev–Trinajstić information content (AvgIpc) is 2.77.